The van der Waals surface area contributed by atoms with Crippen LogP contribution in [0.1, 0.15) is 21.3 Å². The Labute approximate surface area is 153 Å². The first-order valence-electron chi connectivity index (χ1n) is 7.52. The van der Waals surface area contributed by atoms with Gasteiger partial charge in [-0.25, -0.2) is 4.98 Å². The van der Waals surface area contributed by atoms with E-state index in [1.54, 1.807) is 17.4 Å². The van der Waals surface area contributed by atoms with Crippen LogP contribution in [0.15, 0.2) is 35.7 Å². The molecule has 2 heterocycles. The third kappa shape index (κ3) is 4.94. The summed E-state index contributed by atoms with van der Waals surface area (Å²) in [5.74, 6) is 0.435. The van der Waals surface area contributed by atoms with Crippen LogP contribution in [-0.2, 0) is 11.4 Å². The van der Waals surface area contributed by atoms with E-state index in [4.69, 9.17) is 4.74 Å². The minimum absolute atomic E-state index is 0.263. The lowest BCUT2D eigenvalue weighted by Crippen LogP contribution is -2.07. The Morgan fingerprint density at radius 2 is 2.08 bits per heavy atom. The number of nitrogens with zero attached hydrogens (tertiary/aromatic N) is 3. The lowest BCUT2D eigenvalue weighted by molar-refractivity contribution is -0.111. The van der Waals surface area contributed by atoms with E-state index in [1.165, 1.54) is 17.4 Å². The number of hydrogen-bond acceptors (Lipinski definition) is 7. The molecule has 1 aromatic carbocycles. The first-order chi connectivity index (χ1) is 12.1. The van der Waals surface area contributed by atoms with Crippen LogP contribution in [0.2, 0.25) is 0 Å². The van der Waals surface area contributed by atoms with Crippen molar-refractivity contribution in [1.29, 1.82) is 0 Å². The van der Waals surface area contributed by atoms with Gasteiger partial charge in [0.25, 0.3) is 0 Å². The molecule has 0 aliphatic rings. The molecular formula is C17H16N4O2S2. The number of anilines is 1. The van der Waals surface area contributed by atoms with E-state index < -0.39 is 0 Å². The van der Waals surface area contributed by atoms with Gasteiger partial charge in [-0.15, -0.1) is 21.5 Å². The number of nitrogens with one attached hydrogen (secondary N) is 1. The number of hydrogen-bond donors (Lipinski definition) is 1. The zero-order chi connectivity index (χ0) is 17.6. The normalized spacial score (nSPS) is 11.0. The molecule has 0 saturated carbocycles. The molecule has 3 rings (SSSR count). The van der Waals surface area contributed by atoms with Crippen LogP contribution in [0.3, 0.4) is 0 Å². The summed E-state index contributed by atoms with van der Waals surface area (Å²) in [6.45, 7) is 4.19. The molecule has 8 heteroatoms. The van der Waals surface area contributed by atoms with Crippen molar-refractivity contribution in [2.45, 2.75) is 20.5 Å². The molecule has 0 saturated heterocycles. The Kier molecular flexibility index (Phi) is 5.52. The number of carbonyl (C=O) groups excluding carboxylic acids is 1. The molecule has 128 valence electrons. The number of rotatable bonds is 6. The number of ether oxygens (including phenoxy) is 1. The number of benzene rings is 1. The Morgan fingerprint density at radius 3 is 2.80 bits per heavy atom. The molecule has 2 aromatic heterocycles. The summed E-state index contributed by atoms with van der Waals surface area (Å²) in [6.07, 6.45) is 3.16. The van der Waals surface area contributed by atoms with Crippen LogP contribution >= 0.6 is 22.7 Å². The quantitative estimate of drug-likeness (QED) is 0.665. The van der Waals surface area contributed by atoms with Gasteiger partial charge in [0.05, 0.1) is 10.7 Å². The smallest absolute Gasteiger partial charge is 0.250 e. The first kappa shape index (κ1) is 17.2. The highest BCUT2D eigenvalue weighted by molar-refractivity contribution is 7.15. The predicted molar refractivity (Wildman–Crippen MR) is 99.9 cm³/mol. The molecule has 0 fully saturated rings. The van der Waals surface area contributed by atoms with Crippen LogP contribution in [0.25, 0.3) is 6.08 Å². The van der Waals surface area contributed by atoms with Gasteiger partial charge in [0, 0.05) is 17.0 Å². The second-order valence-electron chi connectivity index (χ2n) is 5.13. The lowest BCUT2D eigenvalue weighted by Gasteiger charge is -2.07. The topological polar surface area (TPSA) is 77.0 Å². The maximum atomic E-state index is 12.0. The molecular weight excluding hydrogens is 356 g/mol. The van der Waals surface area contributed by atoms with E-state index in [0.29, 0.717) is 17.5 Å². The predicted octanol–water partition coefficient (Wildman–Crippen LogP) is 3.84. The number of amides is 1. The zero-order valence-electron chi connectivity index (χ0n) is 13.7. The summed E-state index contributed by atoms with van der Waals surface area (Å²) >= 11 is 2.92. The third-order valence-electron chi connectivity index (χ3n) is 3.13. The van der Waals surface area contributed by atoms with Crippen molar-refractivity contribution < 1.29 is 9.53 Å². The van der Waals surface area contributed by atoms with Crippen LogP contribution in [0.5, 0.6) is 5.75 Å². The van der Waals surface area contributed by atoms with Gasteiger partial charge < -0.3 is 4.74 Å². The van der Waals surface area contributed by atoms with Gasteiger partial charge in [-0.2, -0.15) is 0 Å². The van der Waals surface area contributed by atoms with Gasteiger partial charge in [0.15, 0.2) is 0 Å². The van der Waals surface area contributed by atoms with E-state index >= 15 is 0 Å². The molecule has 1 amide bonds. The molecule has 0 unspecified atom stereocenters. The number of aromatic nitrogens is 3. The molecule has 6 nitrogen and oxygen atoms in total. The molecule has 0 radical (unpaired) electrons. The summed E-state index contributed by atoms with van der Waals surface area (Å²) in [6, 6.07) is 7.54. The highest BCUT2D eigenvalue weighted by Crippen LogP contribution is 2.21. The minimum atomic E-state index is -0.263. The number of aryl methyl sites for hydroxylation is 2. The van der Waals surface area contributed by atoms with Crippen molar-refractivity contribution in [3.8, 4) is 5.75 Å². The summed E-state index contributed by atoms with van der Waals surface area (Å²) < 4.78 is 5.83. The molecule has 1 N–H and O–H groups in total. The second kappa shape index (κ2) is 8.00. The van der Waals surface area contributed by atoms with E-state index in [-0.39, 0.29) is 5.91 Å². The largest absolute Gasteiger partial charge is 0.487 e. The maximum absolute atomic E-state index is 12.0. The number of thiazole rings is 1. The van der Waals surface area contributed by atoms with Crippen molar-refractivity contribution >= 4 is 39.8 Å². The fourth-order valence-electron chi connectivity index (χ4n) is 2.04. The summed E-state index contributed by atoms with van der Waals surface area (Å²) in [5.41, 5.74) is 1.71. The van der Waals surface area contributed by atoms with Crippen molar-refractivity contribution in [3.63, 3.8) is 0 Å². The maximum Gasteiger partial charge on any atom is 0.250 e. The van der Waals surface area contributed by atoms with E-state index in [2.05, 4.69) is 20.5 Å². The van der Waals surface area contributed by atoms with E-state index in [0.717, 1.165) is 21.3 Å². The Balaban J connectivity index is 1.64. The number of carbonyl (C=O) groups is 1. The van der Waals surface area contributed by atoms with Crippen LogP contribution in [-0.4, -0.2) is 21.1 Å². The summed E-state index contributed by atoms with van der Waals surface area (Å²) in [4.78, 5) is 16.4. The standard InChI is InChI=1S/C17H16N4O2S2/c1-11-18-14(10-24-11)9-23-15-6-4-3-5-13(15)7-8-16(22)19-17-21-20-12(2)25-17/h3-8,10H,9H2,1-2H3,(H,19,21,22)/b8-7+. The van der Waals surface area contributed by atoms with E-state index in [9.17, 15) is 4.79 Å². The second-order valence-corrected chi connectivity index (χ2v) is 7.38. The Morgan fingerprint density at radius 1 is 1.24 bits per heavy atom. The van der Waals surface area contributed by atoms with Gasteiger partial charge in [0.1, 0.15) is 17.4 Å². The molecule has 0 atom stereocenters. The van der Waals surface area contributed by atoms with Crippen molar-refractivity contribution in [1.82, 2.24) is 15.2 Å². The zero-order valence-corrected chi connectivity index (χ0v) is 15.4. The highest BCUT2D eigenvalue weighted by Gasteiger charge is 2.05. The SMILES string of the molecule is Cc1nc(COc2ccccc2/C=C/C(=O)Nc2nnc(C)s2)cs1. The van der Waals surface area contributed by atoms with Crippen molar-refractivity contribution in [2.75, 3.05) is 5.32 Å². The molecule has 0 spiro atoms. The van der Waals surface area contributed by atoms with Crippen LogP contribution in [0, 0.1) is 13.8 Å². The molecule has 0 aliphatic heterocycles. The van der Waals surface area contributed by atoms with Gasteiger partial charge >= 0.3 is 0 Å². The Hall–Kier alpha value is -2.58. The fraction of sp³-hybridized carbons (Fsp3) is 0.176. The monoisotopic (exact) mass is 372 g/mol. The summed E-state index contributed by atoms with van der Waals surface area (Å²) in [7, 11) is 0. The van der Waals surface area contributed by atoms with E-state index in [1.807, 2.05) is 43.5 Å². The van der Waals surface area contributed by atoms with Crippen molar-refractivity contribution in [3.05, 3.63) is 57.0 Å². The first-order valence-corrected chi connectivity index (χ1v) is 9.22. The average molecular weight is 372 g/mol. The van der Waals surface area contributed by atoms with Gasteiger partial charge in [-0.1, -0.05) is 29.5 Å². The van der Waals surface area contributed by atoms with Gasteiger partial charge in [-0.3, -0.25) is 10.1 Å². The fourth-order valence-corrected chi connectivity index (χ4v) is 3.23. The van der Waals surface area contributed by atoms with Crippen LogP contribution in [0.4, 0.5) is 5.13 Å². The van der Waals surface area contributed by atoms with Crippen LogP contribution < -0.4 is 10.1 Å². The third-order valence-corrected chi connectivity index (χ3v) is 4.71. The lowest BCUT2D eigenvalue weighted by atomic mass is 10.2. The number of para-hydroxylation sites is 1. The average Bonchev–Trinajstić information content (AvgIpc) is 3.20. The summed E-state index contributed by atoms with van der Waals surface area (Å²) in [5, 5.41) is 14.7. The van der Waals surface area contributed by atoms with Gasteiger partial charge in [-0.05, 0) is 26.0 Å². The van der Waals surface area contributed by atoms with Crippen molar-refractivity contribution in [2.24, 2.45) is 0 Å². The molecule has 0 bridgehead atoms. The molecule has 3 aromatic rings. The highest BCUT2D eigenvalue weighted by atomic mass is 32.1. The van der Waals surface area contributed by atoms with Gasteiger partial charge in [0.2, 0.25) is 11.0 Å². The minimum Gasteiger partial charge on any atom is -0.487 e. The molecule has 25 heavy (non-hydrogen) atoms. The molecule has 0 aliphatic carbocycles. The Bertz CT molecular complexity index is 901.